The molecular weight excluding hydrogens is 100 g/mol. The van der Waals surface area contributed by atoms with Gasteiger partial charge in [0.2, 0.25) is 0 Å². The van der Waals surface area contributed by atoms with Crippen molar-refractivity contribution in [2.75, 3.05) is 0 Å². The highest BCUT2D eigenvalue weighted by atomic mass is 16.3. The fourth-order valence-electron chi connectivity index (χ4n) is 1.98. The molecule has 8 heavy (non-hydrogen) atoms. The van der Waals surface area contributed by atoms with Crippen LogP contribution in [-0.2, 0) is 0 Å². The third-order valence-corrected chi connectivity index (χ3v) is 2.69. The summed E-state index contributed by atoms with van der Waals surface area (Å²) < 4.78 is 0. The molecule has 0 saturated heterocycles. The molecule has 0 amide bonds. The average Bonchev–Trinajstić information content (AvgIpc) is 1.62. The van der Waals surface area contributed by atoms with Gasteiger partial charge in [0.1, 0.15) is 0 Å². The van der Waals surface area contributed by atoms with Crippen molar-refractivity contribution >= 4 is 0 Å². The van der Waals surface area contributed by atoms with Gasteiger partial charge in [0, 0.05) is 0 Å². The Balaban J connectivity index is 2.01. The van der Waals surface area contributed by atoms with Crippen LogP contribution in [0.25, 0.3) is 0 Å². The molecule has 3 fully saturated rings. The fourth-order valence-corrected chi connectivity index (χ4v) is 1.98. The lowest BCUT2D eigenvalue weighted by Crippen LogP contribution is -2.39. The maximum absolute atomic E-state index is 9.22. The van der Waals surface area contributed by atoms with Crippen molar-refractivity contribution in [3.63, 3.8) is 0 Å². The molecule has 46 valence electrons. The van der Waals surface area contributed by atoms with Crippen LogP contribution in [0.4, 0.5) is 0 Å². The second-order valence-electron chi connectivity index (χ2n) is 3.24. The lowest BCUT2D eigenvalue weighted by atomic mass is 9.64. The zero-order chi connectivity index (χ0) is 5.56. The number of aliphatic hydroxyl groups excluding tert-OH is 1. The van der Waals surface area contributed by atoms with Crippen LogP contribution in [0.1, 0.15) is 25.7 Å². The van der Waals surface area contributed by atoms with E-state index in [0.717, 1.165) is 12.3 Å². The van der Waals surface area contributed by atoms with E-state index in [-0.39, 0.29) is 6.10 Å². The minimum absolute atomic E-state index is 0.0694. The van der Waals surface area contributed by atoms with Gasteiger partial charge in [-0.2, -0.15) is 0 Å². The molecule has 3 aliphatic carbocycles. The summed E-state index contributed by atoms with van der Waals surface area (Å²) in [7, 11) is 0. The molecule has 0 heterocycles. The van der Waals surface area contributed by atoms with Crippen LogP contribution in [0.5, 0.6) is 0 Å². The molecule has 0 aromatic heterocycles. The Bertz CT molecular complexity index is 89.1. The first-order valence-electron chi connectivity index (χ1n) is 3.54. The molecule has 1 atom stereocenters. The number of hydrogen-bond donors (Lipinski definition) is 1. The Labute approximate surface area is 49.7 Å². The molecule has 0 aromatic rings. The first-order chi connectivity index (χ1) is 3.86. The molecule has 0 aromatic carbocycles. The molecule has 3 aliphatic rings. The van der Waals surface area contributed by atoms with Gasteiger partial charge in [0.25, 0.3) is 0 Å². The third-order valence-electron chi connectivity index (χ3n) is 2.69. The Kier molecular flexibility index (Phi) is 0.884. The zero-order valence-electron chi connectivity index (χ0n) is 5.01. The Morgan fingerprint density at radius 1 is 1.12 bits per heavy atom. The SMILES string of the molecule is O[C@@H]1CCC2CC1C2. The maximum Gasteiger partial charge on any atom is 0.0568 e. The van der Waals surface area contributed by atoms with E-state index in [1.807, 2.05) is 0 Å². The maximum atomic E-state index is 9.22. The third kappa shape index (κ3) is 0.510. The lowest BCUT2D eigenvalue weighted by molar-refractivity contribution is -0.0275. The molecule has 0 unspecified atom stereocenters. The van der Waals surface area contributed by atoms with Gasteiger partial charge in [0.15, 0.2) is 0 Å². The van der Waals surface area contributed by atoms with Crippen LogP contribution in [0.15, 0.2) is 0 Å². The molecule has 0 radical (unpaired) electrons. The fraction of sp³-hybridized carbons (Fsp3) is 1.00. The molecule has 0 aliphatic heterocycles. The van der Waals surface area contributed by atoms with Crippen LogP contribution in [0.2, 0.25) is 0 Å². The van der Waals surface area contributed by atoms with Crippen LogP contribution >= 0.6 is 0 Å². The zero-order valence-corrected chi connectivity index (χ0v) is 5.01. The van der Waals surface area contributed by atoms with Gasteiger partial charge in [-0.05, 0) is 37.5 Å². The van der Waals surface area contributed by atoms with E-state index < -0.39 is 0 Å². The standard InChI is InChI=1S/C7H12O/c8-7-2-1-5-3-6(7)4-5/h5-8H,1-4H2/t5?,6?,7-/m1/s1. The number of aliphatic hydroxyl groups is 1. The quantitative estimate of drug-likeness (QED) is 0.498. The Morgan fingerprint density at radius 2 is 1.88 bits per heavy atom. The molecular formula is C7H12O. The first-order valence-corrected chi connectivity index (χ1v) is 3.54. The monoisotopic (exact) mass is 112 g/mol. The minimum atomic E-state index is 0.0694. The normalized spacial score (nSPS) is 52.9. The number of hydrogen-bond acceptors (Lipinski definition) is 1. The summed E-state index contributed by atoms with van der Waals surface area (Å²) >= 11 is 0. The van der Waals surface area contributed by atoms with Crippen molar-refractivity contribution in [3.8, 4) is 0 Å². The molecule has 3 saturated carbocycles. The smallest absolute Gasteiger partial charge is 0.0568 e. The number of fused-ring (bicyclic) bond motifs is 2. The summed E-state index contributed by atoms with van der Waals surface area (Å²) in [5, 5.41) is 9.22. The average molecular weight is 112 g/mol. The summed E-state index contributed by atoms with van der Waals surface area (Å²) in [6, 6.07) is 0. The highest BCUT2D eigenvalue weighted by Gasteiger charge is 2.38. The molecule has 1 heteroatoms. The van der Waals surface area contributed by atoms with Gasteiger partial charge >= 0.3 is 0 Å². The van der Waals surface area contributed by atoms with Crippen molar-refractivity contribution in [2.24, 2.45) is 11.8 Å². The van der Waals surface area contributed by atoms with E-state index in [2.05, 4.69) is 0 Å². The Hall–Kier alpha value is -0.0400. The van der Waals surface area contributed by atoms with Gasteiger partial charge in [-0.3, -0.25) is 0 Å². The van der Waals surface area contributed by atoms with Crippen LogP contribution in [0.3, 0.4) is 0 Å². The highest BCUT2D eigenvalue weighted by molar-refractivity contribution is 4.89. The van der Waals surface area contributed by atoms with Crippen molar-refractivity contribution < 1.29 is 5.11 Å². The van der Waals surface area contributed by atoms with Crippen LogP contribution in [-0.4, -0.2) is 11.2 Å². The molecule has 1 N–H and O–H groups in total. The van der Waals surface area contributed by atoms with E-state index in [4.69, 9.17) is 0 Å². The van der Waals surface area contributed by atoms with Gasteiger partial charge in [-0.25, -0.2) is 0 Å². The largest absolute Gasteiger partial charge is 0.393 e. The minimum Gasteiger partial charge on any atom is -0.393 e. The van der Waals surface area contributed by atoms with Crippen molar-refractivity contribution in [3.05, 3.63) is 0 Å². The predicted octanol–water partition coefficient (Wildman–Crippen LogP) is 1.17. The van der Waals surface area contributed by atoms with E-state index in [9.17, 15) is 5.11 Å². The van der Waals surface area contributed by atoms with Gasteiger partial charge in [-0.15, -0.1) is 0 Å². The first kappa shape index (κ1) is 4.80. The molecule has 0 spiro atoms. The van der Waals surface area contributed by atoms with Gasteiger partial charge < -0.3 is 5.11 Å². The summed E-state index contributed by atoms with van der Waals surface area (Å²) in [5.74, 6) is 1.71. The summed E-state index contributed by atoms with van der Waals surface area (Å²) in [6.45, 7) is 0. The van der Waals surface area contributed by atoms with Crippen LogP contribution in [0, 0.1) is 11.8 Å². The van der Waals surface area contributed by atoms with E-state index in [1.165, 1.54) is 19.3 Å². The second-order valence-corrected chi connectivity index (χ2v) is 3.24. The van der Waals surface area contributed by atoms with Crippen molar-refractivity contribution in [2.45, 2.75) is 31.8 Å². The second kappa shape index (κ2) is 1.47. The topological polar surface area (TPSA) is 20.2 Å². The predicted molar refractivity (Wildman–Crippen MR) is 31.5 cm³/mol. The molecule has 1 nitrogen and oxygen atoms in total. The van der Waals surface area contributed by atoms with Crippen LogP contribution < -0.4 is 0 Å². The summed E-state index contributed by atoms with van der Waals surface area (Å²) in [5.41, 5.74) is 0. The summed E-state index contributed by atoms with van der Waals surface area (Å²) in [6.07, 6.45) is 5.08. The summed E-state index contributed by atoms with van der Waals surface area (Å²) in [4.78, 5) is 0. The number of rotatable bonds is 0. The van der Waals surface area contributed by atoms with Gasteiger partial charge in [-0.1, -0.05) is 0 Å². The molecule has 3 rings (SSSR count). The van der Waals surface area contributed by atoms with Gasteiger partial charge in [0.05, 0.1) is 6.10 Å². The highest BCUT2D eigenvalue weighted by Crippen LogP contribution is 2.45. The Morgan fingerprint density at radius 3 is 2.12 bits per heavy atom. The van der Waals surface area contributed by atoms with Crippen molar-refractivity contribution in [1.29, 1.82) is 0 Å². The molecule has 2 bridgehead atoms. The van der Waals surface area contributed by atoms with Crippen molar-refractivity contribution in [1.82, 2.24) is 0 Å². The van der Waals surface area contributed by atoms with E-state index >= 15 is 0 Å². The van der Waals surface area contributed by atoms with E-state index in [1.54, 1.807) is 0 Å². The van der Waals surface area contributed by atoms with E-state index in [0.29, 0.717) is 5.92 Å². The lowest BCUT2D eigenvalue weighted by Gasteiger charge is -2.44.